The molecular formula is C48H38ClN5O7S. The number of rotatable bonds is 6. The number of halogens is 1. The molecule has 11 rings (SSSR count). The molecule has 3 aromatic heterocycles. The number of allylic oxidation sites excluding steroid dienone is 2. The highest BCUT2D eigenvalue weighted by molar-refractivity contribution is 7.22. The summed E-state index contributed by atoms with van der Waals surface area (Å²) in [6, 6.07) is 26.9. The van der Waals surface area contributed by atoms with Gasteiger partial charge in [-0.25, -0.2) is 9.88 Å². The molecule has 3 fully saturated rings. The number of fused-ring (bicyclic) bond motifs is 6. The largest absolute Gasteiger partial charge is 0.508 e. The van der Waals surface area contributed by atoms with Gasteiger partial charge in [-0.2, -0.15) is 5.10 Å². The number of thiophene rings is 1. The predicted molar refractivity (Wildman–Crippen MR) is 235 cm³/mol. The average Bonchev–Trinajstić information content (AvgIpc) is 4.05. The zero-order valence-electron chi connectivity index (χ0n) is 34.0. The van der Waals surface area contributed by atoms with E-state index in [9.17, 15) is 14.7 Å². The summed E-state index contributed by atoms with van der Waals surface area (Å²) < 4.78 is 14.0. The molecule has 0 spiro atoms. The topological polar surface area (TPSA) is 148 Å². The lowest BCUT2D eigenvalue weighted by Crippen LogP contribution is -2.49. The fourth-order valence-electron chi connectivity index (χ4n) is 10.7. The highest BCUT2D eigenvalue weighted by Gasteiger charge is 2.68. The number of carbonyl (C=O) groups is 4. The molecule has 4 aliphatic rings. The van der Waals surface area contributed by atoms with Crippen molar-refractivity contribution < 1.29 is 33.4 Å². The molecule has 6 atom stereocenters. The number of hydrogen-bond donors (Lipinski definition) is 1. The van der Waals surface area contributed by atoms with Crippen molar-refractivity contribution in [3.05, 3.63) is 119 Å². The van der Waals surface area contributed by atoms with E-state index in [1.807, 2.05) is 55.5 Å². The van der Waals surface area contributed by atoms with Crippen LogP contribution in [0.3, 0.4) is 0 Å². The van der Waals surface area contributed by atoms with Crippen molar-refractivity contribution in [3.8, 4) is 33.5 Å². The Balaban J connectivity index is 0.973. The molecule has 12 nitrogen and oxygen atoms in total. The molecule has 4 amide bonds. The van der Waals surface area contributed by atoms with Gasteiger partial charge in [-0.3, -0.25) is 28.8 Å². The summed E-state index contributed by atoms with van der Waals surface area (Å²) in [4.78, 5) is 67.3. The van der Waals surface area contributed by atoms with Gasteiger partial charge in [0, 0.05) is 45.9 Å². The van der Waals surface area contributed by atoms with Gasteiger partial charge in [-0.15, -0.1) is 11.3 Å². The minimum atomic E-state index is -1.38. The number of hydrogen-bond acceptors (Lipinski definition) is 10. The van der Waals surface area contributed by atoms with Gasteiger partial charge in [0.15, 0.2) is 5.58 Å². The van der Waals surface area contributed by atoms with Gasteiger partial charge in [-0.1, -0.05) is 41.4 Å². The lowest BCUT2D eigenvalue weighted by molar-refractivity contribution is -0.131. The van der Waals surface area contributed by atoms with Crippen LogP contribution < -0.4 is 14.5 Å². The molecule has 2 saturated heterocycles. The zero-order valence-corrected chi connectivity index (χ0v) is 35.5. The Kier molecular flexibility index (Phi) is 8.49. The van der Waals surface area contributed by atoms with E-state index in [0.29, 0.717) is 50.6 Å². The molecule has 310 valence electrons. The third-order valence-electron chi connectivity index (χ3n) is 13.7. The molecule has 5 heterocycles. The summed E-state index contributed by atoms with van der Waals surface area (Å²) in [6.45, 7) is 3.79. The fraction of sp³-hybridized carbons (Fsp3) is 0.250. The number of ether oxygens (including phenoxy) is 1. The summed E-state index contributed by atoms with van der Waals surface area (Å²) in [5, 5.41) is 18.1. The number of nitrogens with zero attached hydrogens (tertiary/aromatic N) is 5. The van der Waals surface area contributed by atoms with Crippen molar-refractivity contribution in [2.45, 2.75) is 32.6 Å². The quantitative estimate of drug-likeness (QED) is 0.128. The Labute approximate surface area is 364 Å². The maximum absolute atomic E-state index is 15.2. The number of aromatic nitrogens is 3. The van der Waals surface area contributed by atoms with Crippen LogP contribution in [-0.2, 0) is 26.2 Å². The van der Waals surface area contributed by atoms with Gasteiger partial charge in [-0.05, 0) is 104 Å². The van der Waals surface area contributed by atoms with Crippen molar-refractivity contribution in [3.63, 3.8) is 0 Å². The van der Waals surface area contributed by atoms with E-state index in [4.69, 9.17) is 25.9 Å². The van der Waals surface area contributed by atoms with E-state index in [1.54, 1.807) is 72.5 Å². The number of benzene rings is 4. The first-order valence-corrected chi connectivity index (χ1v) is 21.6. The summed E-state index contributed by atoms with van der Waals surface area (Å²) in [6.07, 6.45) is 2.37. The minimum absolute atomic E-state index is 0.102. The third kappa shape index (κ3) is 5.37. The maximum atomic E-state index is 15.2. The Morgan fingerprint density at radius 1 is 0.919 bits per heavy atom. The first-order chi connectivity index (χ1) is 29.9. The number of anilines is 2. The van der Waals surface area contributed by atoms with Gasteiger partial charge in [0.2, 0.25) is 29.5 Å². The Bertz CT molecular complexity index is 3100. The molecular weight excluding hydrogens is 826 g/mol. The van der Waals surface area contributed by atoms with E-state index in [0.717, 1.165) is 31.6 Å². The highest BCUT2D eigenvalue weighted by atomic mass is 35.5. The number of aryl methyl sites for hydroxylation is 2. The van der Waals surface area contributed by atoms with Gasteiger partial charge in [0.25, 0.3) is 0 Å². The molecule has 1 saturated carbocycles. The first-order valence-electron chi connectivity index (χ1n) is 20.4. The normalized spacial score (nSPS) is 24.5. The molecule has 2 aliphatic heterocycles. The molecule has 0 bridgehead atoms. The van der Waals surface area contributed by atoms with Crippen LogP contribution in [0.4, 0.5) is 11.5 Å². The van der Waals surface area contributed by atoms with Gasteiger partial charge in [0.05, 0.1) is 40.8 Å². The maximum Gasteiger partial charge on any atom is 0.242 e. The average molecular weight is 864 g/mol. The second kappa shape index (κ2) is 13.7. The standard InChI is InChI=1S/C48H38ClN5O7S/c1-23-31-19-25(49)11-18-38(31)62-42(23)35-22-39(52(3)51-35)54-45(57)33-21-32-28(41(48(33,2)47(54)59)29-15-14-27(60-4)20-36(29)55)16-17-30-40(32)46(58)53(44(30)56)26-12-9-24(10-13-26)43-50-34-7-5-6-8-37(34)61-43/h5-16,18-20,22,30,32-33,40-41,55H,17,21H2,1-4H3/t30-,32+,33-,40-,41+,48+/m0/s1. The second-order valence-corrected chi connectivity index (χ2v) is 18.3. The third-order valence-corrected chi connectivity index (χ3v) is 15.2. The van der Waals surface area contributed by atoms with Crippen LogP contribution in [0.2, 0.25) is 5.02 Å². The number of carbonyl (C=O) groups excluding carboxylic acids is 4. The van der Waals surface area contributed by atoms with Crippen molar-refractivity contribution >= 4 is 79.3 Å². The van der Waals surface area contributed by atoms with Crippen LogP contribution in [0.25, 0.3) is 43.2 Å². The molecule has 0 radical (unpaired) electrons. The number of oxazole rings is 1. The first kappa shape index (κ1) is 38.4. The van der Waals surface area contributed by atoms with Gasteiger partial charge >= 0.3 is 0 Å². The monoisotopic (exact) mass is 863 g/mol. The molecule has 7 aromatic rings. The molecule has 0 unspecified atom stereocenters. The molecule has 62 heavy (non-hydrogen) atoms. The number of para-hydroxylation sites is 2. The second-order valence-electron chi connectivity index (χ2n) is 16.8. The SMILES string of the molecule is COc1ccc([C@H]2C3=CC[C@@H]4C(=O)N(c5ccc(-c6nc7ccccc7o6)cc5)C(=O)[C@@H]4[C@@H]3C[C@H]3C(=O)N(c4cc(-c5sc6ccc(Cl)cc6c5C)nn4C)C(=O)[C@@]23C)c(O)c1. The van der Waals surface area contributed by atoms with Crippen LogP contribution in [-0.4, -0.2) is 50.6 Å². The molecule has 14 heteroatoms. The van der Waals surface area contributed by atoms with Crippen molar-refractivity contribution in [1.29, 1.82) is 0 Å². The van der Waals surface area contributed by atoms with Crippen molar-refractivity contribution in [1.82, 2.24) is 14.8 Å². The minimum Gasteiger partial charge on any atom is -0.508 e. The Morgan fingerprint density at radius 2 is 1.71 bits per heavy atom. The number of phenols is 1. The zero-order chi connectivity index (χ0) is 42.9. The Morgan fingerprint density at radius 3 is 2.47 bits per heavy atom. The highest BCUT2D eigenvalue weighted by Crippen LogP contribution is 2.64. The predicted octanol–water partition coefficient (Wildman–Crippen LogP) is 9.22. The summed E-state index contributed by atoms with van der Waals surface area (Å²) >= 11 is 7.90. The lowest BCUT2D eigenvalue weighted by Gasteiger charge is -2.49. The van der Waals surface area contributed by atoms with Crippen LogP contribution in [0.1, 0.15) is 36.8 Å². The van der Waals surface area contributed by atoms with Crippen molar-refractivity contribution in [2.24, 2.45) is 36.1 Å². The Hall–Kier alpha value is -6.57. The smallest absolute Gasteiger partial charge is 0.242 e. The summed E-state index contributed by atoms with van der Waals surface area (Å²) in [5.41, 5.74) is 3.90. The fourth-order valence-corrected chi connectivity index (χ4v) is 12.0. The van der Waals surface area contributed by atoms with Crippen LogP contribution in [0.5, 0.6) is 11.5 Å². The van der Waals surface area contributed by atoms with E-state index in [1.165, 1.54) is 23.0 Å². The number of imide groups is 2. The lowest BCUT2D eigenvalue weighted by atomic mass is 9.51. The van der Waals surface area contributed by atoms with Crippen LogP contribution in [0.15, 0.2) is 107 Å². The summed E-state index contributed by atoms with van der Waals surface area (Å²) in [5.74, 6) is -4.25. The van der Waals surface area contributed by atoms with E-state index < -0.39 is 46.8 Å². The van der Waals surface area contributed by atoms with Gasteiger partial charge in [0.1, 0.15) is 28.5 Å². The van der Waals surface area contributed by atoms with Crippen molar-refractivity contribution in [2.75, 3.05) is 16.9 Å². The number of aromatic hydroxyl groups is 1. The number of phenolic OH excluding ortho intramolecular Hbond substituents is 1. The van der Waals surface area contributed by atoms with Crippen LogP contribution >= 0.6 is 22.9 Å². The van der Waals surface area contributed by atoms with Gasteiger partial charge < -0.3 is 14.3 Å². The molecule has 1 N–H and O–H groups in total. The van der Waals surface area contributed by atoms with E-state index in [2.05, 4.69) is 4.98 Å². The van der Waals surface area contributed by atoms with Crippen LogP contribution in [0, 0.1) is 36.0 Å². The molecule has 2 aliphatic carbocycles. The molecule has 4 aromatic carbocycles. The van der Waals surface area contributed by atoms with E-state index in [-0.39, 0.29) is 30.4 Å². The number of methoxy groups -OCH3 is 1. The van der Waals surface area contributed by atoms with E-state index >= 15 is 9.59 Å². The summed E-state index contributed by atoms with van der Waals surface area (Å²) in [7, 11) is 3.21. The number of amides is 4.